The molecule has 88 valence electrons. The van der Waals surface area contributed by atoms with Crippen molar-refractivity contribution < 1.29 is 0 Å². The Morgan fingerprint density at radius 1 is 1.19 bits per heavy atom. The summed E-state index contributed by atoms with van der Waals surface area (Å²) >= 11 is 0. The molecule has 0 radical (unpaired) electrons. The van der Waals surface area contributed by atoms with Gasteiger partial charge in [0, 0.05) is 25.3 Å². The van der Waals surface area contributed by atoms with Gasteiger partial charge in [0.1, 0.15) is 0 Å². The summed E-state index contributed by atoms with van der Waals surface area (Å²) < 4.78 is 0. The summed E-state index contributed by atoms with van der Waals surface area (Å²) in [6.45, 7) is 8.05. The number of para-hydroxylation sites is 1. The zero-order chi connectivity index (χ0) is 11.5. The second kappa shape index (κ2) is 4.88. The van der Waals surface area contributed by atoms with Crippen LogP contribution in [0.15, 0.2) is 24.3 Å². The molecule has 2 atom stereocenters. The van der Waals surface area contributed by atoms with Crippen molar-refractivity contribution in [3.05, 3.63) is 29.8 Å². The van der Waals surface area contributed by atoms with Gasteiger partial charge in [0.25, 0.3) is 0 Å². The first kappa shape index (κ1) is 11.5. The first-order chi connectivity index (χ1) is 7.72. The molecule has 0 spiro atoms. The molecule has 2 unspecified atom stereocenters. The first-order valence-electron chi connectivity index (χ1n) is 6.20. The van der Waals surface area contributed by atoms with Gasteiger partial charge in [-0.05, 0) is 30.5 Å². The van der Waals surface area contributed by atoms with Crippen LogP contribution in [0.25, 0.3) is 0 Å². The van der Waals surface area contributed by atoms with Crippen LogP contribution in [0.1, 0.15) is 19.4 Å². The van der Waals surface area contributed by atoms with Gasteiger partial charge in [-0.1, -0.05) is 32.0 Å². The lowest BCUT2D eigenvalue weighted by atomic mass is 10.0. The highest BCUT2D eigenvalue weighted by Crippen LogP contribution is 2.29. The summed E-state index contributed by atoms with van der Waals surface area (Å²) in [5, 5.41) is 3.24. The fourth-order valence-corrected chi connectivity index (χ4v) is 2.49. The van der Waals surface area contributed by atoms with Crippen molar-refractivity contribution in [1.82, 2.24) is 5.32 Å². The molecular formula is C14H22N2. The van der Waals surface area contributed by atoms with E-state index in [0.717, 1.165) is 18.4 Å². The average Bonchev–Trinajstić information content (AvgIpc) is 2.60. The van der Waals surface area contributed by atoms with Crippen molar-refractivity contribution in [2.45, 2.75) is 20.4 Å². The lowest BCUT2D eigenvalue weighted by Gasteiger charge is -2.22. The second-order valence-corrected chi connectivity index (χ2v) is 5.02. The van der Waals surface area contributed by atoms with Crippen LogP contribution in [0.3, 0.4) is 0 Å². The van der Waals surface area contributed by atoms with E-state index >= 15 is 0 Å². The average molecular weight is 218 g/mol. The molecule has 2 nitrogen and oxygen atoms in total. The standard InChI is InChI=1S/C14H22N2/c1-11-9-16(10-12(11)2)14-7-5-4-6-13(14)8-15-3/h4-7,11-12,15H,8-10H2,1-3H3. The molecule has 0 bridgehead atoms. The van der Waals surface area contributed by atoms with E-state index in [1.807, 2.05) is 7.05 Å². The third-order valence-corrected chi connectivity index (χ3v) is 3.69. The monoisotopic (exact) mass is 218 g/mol. The fraction of sp³-hybridized carbons (Fsp3) is 0.571. The van der Waals surface area contributed by atoms with Crippen LogP contribution in [-0.2, 0) is 6.54 Å². The zero-order valence-corrected chi connectivity index (χ0v) is 10.5. The lowest BCUT2D eigenvalue weighted by Crippen LogP contribution is -2.22. The molecule has 1 aliphatic rings. The smallest absolute Gasteiger partial charge is 0.0412 e. The summed E-state index contributed by atoms with van der Waals surface area (Å²) in [5.41, 5.74) is 2.82. The third-order valence-electron chi connectivity index (χ3n) is 3.69. The molecular weight excluding hydrogens is 196 g/mol. The van der Waals surface area contributed by atoms with Crippen LogP contribution in [-0.4, -0.2) is 20.1 Å². The summed E-state index contributed by atoms with van der Waals surface area (Å²) in [5.74, 6) is 1.62. The predicted molar refractivity (Wildman–Crippen MR) is 69.7 cm³/mol. The Morgan fingerprint density at radius 2 is 1.81 bits per heavy atom. The summed E-state index contributed by atoms with van der Waals surface area (Å²) in [6, 6.07) is 8.73. The Bertz CT molecular complexity index is 338. The van der Waals surface area contributed by atoms with Crippen LogP contribution in [0, 0.1) is 11.8 Å². The Hall–Kier alpha value is -1.02. The summed E-state index contributed by atoms with van der Waals surface area (Å²) in [7, 11) is 2.01. The van der Waals surface area contributed by atoms with E-state index in [9.17, 15) is 0 Å². The maximum Gasteiger partial charge on any atom is 0.0412 e. The van der Waals surface area contributed by atoms with Gasteiger partial charge in [-0.3, -0.25) is 0 Å². The second-order valence-electron chi connectivity index (χ2n) is 5.02. The zero-order valence-electron chi connectivity index (χ0n) is 10.5. The van der Waals surface area contributed by atoms with E-state index < -0.39 is 0 Å². The number of anilines is 1. The minimum Gasteiger partial charge on any atom is -0.371 e. The normalized spacial score (nSPS) is 25.1. The van der Waals surface area contributed by atoms with E-state index in [2.05, 4.69) is 48.3 Å². The predicted octanol–water partition coefficient (Wildman–Crippen LogP) is 2.50. The number of hydrogen-bond donors (Lipinski definition) is 1. The Morgan fingerprint density at radius 3 is 2.44 bits per heavy atom. The lowest BCUT2D eigenvalue weighted by molar-refractivity contribution is 0.494. The maximum atomic E-state index is 3.24. The highest BCUT2D eigenvalue weighted by Gasteiger charge is 2.26. The number of nitrogens with one attached hydrogen (secondary N) is 1. The SMILES string of the molecule is CNCc1ccccc1N1CC(C)C(C)C1. The number of rotatable bonds is 3. The molecule has 0 amide bonds. The Balaban J connectivity index is 2.20. The third kappa shape index (κ3) is 2.22. The van der Waals surface area contributed by atoms with Crippen LogP contribution >= 0.6 is 0 Å². The molecule has 0 saturated carbocycles. The van der Waals surface area contributed by atoms with Crippen molar-refractivity contribution >= 4 is 5.69 Å². The first-order valence-corrected chi connectivity index (χ1v) is 6.20. The molecule has 1 aromatic carbocycles. The van der Waals surface area contributed by atoms with Crippen molar-refractivity contribution in [2.24, 2.45) is 11.8 Å². The Kier molecular flexibility index (Phi) is 3.49. The molecule has 1 heterocycles. The molecule has 1 fully saturated rings. The van der Waals surface area contributed by atoms with Crippen molar-refractivity contribution in [1.29, 1.82) is 0 Å². The van der Waals surface area contributed by atoms with E-state index in [-0.39, 0.29) is 0 Å². The highest BCUT2D eigenvalue weighted by atomic mass is 15.2. The summed E-state index contributed by atoms with van der Waals surface area (Å²) in [4.78, 5) is 2.53. The molecule has 2 heteroatoms. The van der Waals surface area contributed by atoms with E-state index in [1.165, 1.54) is 24.3 Å². The maximum absolute atomic E-state index is 3.24. The minimum absolute atomic E-state index is 0.808. The van der Waals surface area contributed by atoms with Crippen molar-refractivity contribution in [3.63, 3.8) is 0 Å². The topological polar surface area (TPSA) is 15.3 Å². The van der Waals surface area contributed by atoms with E-state index in [4.69, 9.17) is 0 Å². The van der Waals surface area contributed by atoms with Gasteiger partial charge < -0.3 is 10.2 Å². The molecule has 2 rings (SSSR count). The molecule has 0 aromatic heterocycles. The van der Waals surface area contributed by atoms with Gasteiger partial charge in [-0.15, -0.1) is 0 Å². The molecule has 16 heavy (non-hydrogen) atoms. The van der Waals surface area contributed by atoms with E-state index in [0.29, 0.717) is 0 Å². The van der Waals surface area contributed by atoms with Crippen molar-refractivity contribution in [3.8, 4) is 0 Å². The number of benzene rings is 1. The van der Waals surface area contributed by atoms with Crippen molar-refractivity contribution in [2.75, 3.05) is 25.0 Å². The van der Waals surface area contributed by atoms with Gasteiger partial charge in [-0.2, -0.15) is 0 Å². The molecule has 1 saturated heterocycles. The molecule has 1 N–H and O–H groups in total. The van der Waals surface area contributed by atoms with Gasteiger partial charge in [-0.25, -0.2) is 0 Å². The van der Waals surface area contributed by atoms with E-state index in [1.54, 1.807) is 0 Å². The van der Waals surface area contributed by atoms with Gasteiger partial charge in [0.05, 0.1) is 0 Å². The van der Waals surface area contributed by atoms with Gasteiger partial charge >= 0.3 is 0 Å². The van der Waals surface area contributed by atoms with Crippen LogP contribution in [0.2, 0.25) is 0 Å². The number of hydrogen-bond acceptors (Lipinski definition) is 2. The number of nitrogens with zero attached hydrogens (tertiary/aromatic N) is 1. The van der Waals surface area contributed by atoms with Crippen LogP contribution in [0.5, 0.6) is 0 Å². The molecule has 1 aliphatic heterocycles. The highest BCUT2D eigenvalue weighted by molar-refractivity contribution is 5.54. The van der Waals surface area contributed by atoms with Crippen LogP contribution in [0.4, 0.5) is 5.69 Å². The molecule has 0 aliphatic carbocycles. The van der Waals surface area contributed by atoms with Gasteiger partial charge in [0.2, 0.25) is 0 Å². The van der Waals surface area contributed by atoms with Crippen LogP contribution < -0.4 is 10.2 Å². The fourth-order valence-electron chi connectivity index (χ4n) is 2.49. The quantitative estimate of drug-likeness (QED) is 0.838. The Labute approximate surface area is 98.7 Å². The van der Waals surface area contributed by atoms with Gasteiger partial charge in [0.15, 0.2) is 0 Å². The molecule has 1 aromatic rings. The summed E-state index contributed by atoms with van der Waals surface area (Å²) in [6.07, 6.45) is 0. The minimum atomic E-state index is 0.808. The largest absolute Gasteiger partial charge is 0.371 e.